The molecule has 9 rings (SSSR count). The number of unbranched alkanes of at least 4 members (excludes halogenated alkanes) is 2. The van der Waals surface area contributed by atoms with E-state index in [0.29, 0.717) is 11.1 Å². The van der Waals surface area contributed by atoms with Crippen LogP contribution in [0.1, 0.15) is 50.7 Å². The summed E-state index contributed by atoms with van der Waals surface area (Å²) >= 11 is 0. The van der Waals surface area contributed by atoms with Gasteiger partial charge in [-0.05, 0) is 115 Å². The Morgan fingerprint density at radius 2 is 0.758 bits per heavy atom. The lowest BCUT2D eigenvalue weighted by Gasteiger charge is -2.39. The standard InChI is InChI=1S/C54H44F6N.BrH/c1-3-5-23-61(24-6-4-2)31-45-43(35-19-15-33(16-20-35)39-27-47(55)53(59)48(56)28-39)25-37-11-7-9-13-41(37)51(45)52-42-14-10-8-12-38(42)26-44(46(52)32-61)36-21-17-34(18-22-36)40-29-49(57)54(60)50(58)30-40;/h7-22,25-30H,3-6,23-24,31-32H2,1-2H3;1H/q+1;. The Hall–Kier alpha value is -5.70. The van der Waals surface area contributed by atoms with Crippen LogP contribution in [0, 0.1) is 34.9 Å². The Balaban J connectivity index is 0.00000529. The quantitative estimate of drug-likeness (QED) is 0.0729. The van der Waals surface area contributed by atoms with Crippen LogP contribution in [-0.4, -0.2) is 17.6 Å². The SMILES string of the molecule is Br.CCCC[N+]1(CCCC)Cc2c(-c3ccc(-c4cc(F)c(F)c(F)c4)cc3)cc3ccccc3c2-c2c(c(-c3ccc(-c4cc(F)c(F)c(F)c4)cc3)cc3ccccc23)C1. The summed E-state index contributed by atoms with van der Waals surface area (Å²) in [5.74, 6) is -7.89. The Morgan fingerprint density at radius 1 is 0.419 bits per heavy atom. The summed E-state index contributed by atoms with van der Waals surface area (Å²) in [5.41, 5.74) is 10.6. The van der Waals surface area contributed by atoms with Gasteiger partial charge in [-0.1, -0.05) is 124 Å². The van der Waals surface area contributed by atoms with Crippen molar-refractivity contribution in [3.05, 3.63) is 179 Å². The average Bonchev–Trinajstić information content (AvgIpc) is 3.43. The highest BCUT2D eigenvalue weighted by Crippen LogP contribution is 2.50. The van der Waals surface area contributed by atoms with Crippen molar-refractivity contribution in [1.82, 2.24) is 0 Å². The van der Waals surface area contributed by atoms with E-state index < -0.39 is 34.9 Å². The number of hydrogen-bond donors (Lipinski definition) is 0. The molecule has 1 heterocycles. The summed E-state index contributed by atoms with van der Waals surface area (Å²) in [7, 11) is 0. The predicted molar refractivity (Wildman–Crippen MR) is 246 cm³/mol. The van der Waals surface area contributed by atoms with E-state index in [1.807, 2.05) is 48.5 Å². The Labute approximate surface area is 368 Å². The number of benzene rings is 8. The van der Waals surface area contributed by atoms with E-state index in [4.69, 9.17) is 0 Å². The van der Waals surface area contributed by atoms with E-state index in [9.17, 15) is 26.3 Å². The normalized spacial score (nSPS) is 13.1. The fourth-order valence-electron chi connectivity index (χ4n) is 9.47. The molecular weight excluding hydrogens is 856 g/mol. The zero-order chi connectivity index (χ0) is 42.4. The molecule has 0 fully saturated rings. The highest BCUT2D eigenvalue weighted by Gasteiger charge is 2.37. The highest BCUT2D eigenvalue weighted by atomic mass is 79.9. The second kappa shape index (κ2) is 17.6. The van der Waals surface area contributed by atoms with Gasteiger partial charge in [-0.3, -0.25) is 0 Å². The maximum Gasteiger partial charge on any atom is 0.194 e. The van der Waals surface area contributed by atoms with Crippen molar-refractivity contribution in [1.29, 1.82) is 0 Å². The number of hydrogen-bond acceptors (Lipinski definition) is 0. The van der Waals surface area contributed by atoms with Crippen LogP contribution in [0.3, 0.4) is 0 Å². The van der Waals surface area contributed by atoms with Gasteiger partial charge >= 0.3 is 0 Å². The van der Waals surface area contributed by atoms with E-state index in [0.717, 1.165) is 124 Å². The lowest BCUT2D eigenvalue weighted by molar-refractivity contribution is -0.953. The Bertz CT molecular complexity index is 2710. The molecule has 0 atom stereocenters. The van der Waals surface area contributed by atoms with Crippen LogP contribution < -0.4 is 0 Å². The molecule has 0 aromatic heterocycles. The number of nitrogens with zero attached hydrogens (tertiary/aromatic N) is 1. The molecule has 8 aromatic rings. The van der Waals surface area contributed by atoms with E-state index in [1.54, 1.807) is 0 Å². The van der Waals surface area contributed by atoms with Crippen molar-refractivity contribution in [3.8, 4) is 55.6 Å². The largest absolute Gasteiger partial charge is 0.316 e. The van der Waals surface area contributed by atoms with E-state index in [-0.39, 0.29) is 28.1 Å². The predicted octanol–water partition coefficient (Wildman–Crippen LogP) is 16.2. The summed E-state index contributed by atoms with van der Waals surface area (Å²) in [6, 6.07) is 41.0. The number of fused-ring (bicyclic) bond motifs is 7. The third kappa shape index (κ3) is 7.84. The zero-order valence-corrected chi connectivity index (χ0v) is 36.2. The third-order valence-corrected chi connectivity index (χ3v) is 12.5. The number of quaternary nitrogens is 1. The minimum absolute atomic E-state index is 0. The smallest absolute Gasteiger partial charge is 0.194 e. The minimum Gasteiger partial charge on any atom is -0.316 e. The molecule has 1 aliphatic rings. The summed E-state index contributed by atoms with van der Waals surface area (Å²) in [5, 5.41) is 4.43. The van der Waals surface area contributed by atoms with Crippen LogP contribution in [0.15, 0.2) is 133 Å². The molecule has 0 aliphatic carbocycles. The molecule has 1 aliphatic heterocycles. The zero-order valence-electron chi connectivity index (χ0n) is 34.5. The lowest BCUT2D eigenvalue weighted by atomic mass is 9.82. The highest BCUT2D eigenvalue weighted by molar-refractivity contribution is 8.93. The van der Waals surface area contributed by atoms with Crippen molar-refractivity contribution in [2.75, 3.05) is 13.1 Å². The fourth-order valence-corrected chi connectivity index (χ4v) is 9.47. The van der Waals surface area contributed by atoms with Crippen LogP contribution >= 0.6 is 17.0 Å². The molecule has 0 saturated carbocycles. The van der Waals surface area contributed by atoms with Crippen molar-refractivity contribution in [2.24, 2.45) is 0 Å². The topological polar surface area (TPSA) is 0 Å². The minimum atomic E-state index is -1.49. The summed E-state index contributed by atoms with van der Waals surface area (Å²) in [6.07, 6.45) is 4.16. The fraction of sp³-hybridized carbons (Fsp3) is 0.185. The molecule has 0 N–H and O–H groups in total. The maximum atomic E-state index is 14.3. The molecule has 1 nitrogen and oxygen atoms in total. The van der Waals surface area contributed by atoms with Gasteiger partial charge in [-0.2, -0.15) is 0 Å². The lowest BCUT2D eigenvalue weighted by Crippen LogP contribution is -2.47. The van der Waals surface area contributed by atoms with Gasteiger partial charge < -0.3 is 4.48 Å². The first kappa shape index (κ1) is 43.0. The molecule has 0 radical (unpaired) electrons. The summed E-state index contributed by atoms with van der Waals surface area (Å²) in [6.45, 7) is 7.94. The van der Waals surface area contributed by atoms with Crippen molar-refractivity contribution in [2.45, 2.75) is 52.6 Å². The van der Waals surface area contributed by atoms with Gasteiger partial charge in [0, 0.05) is 22.3 Å². The van der Waals surface area contributed by atoms with Crippen LogP contribution in [0.5, 0.6) is 0 Å². The average molecular weight is 902 g/mol. The molecule has 0 unspecified atom stereocenters. The monoisotopic (exact) mass is 900 g/mol. The van der Waals surface area contributed by atoms with Crippen molar-refractivity contribution >= 4 is 38.5 Å². The first-order chi connectivity index (χ1) is 29.6. The first-order valence-electron chi connectivity index (χ1n) is 21.0. The molecule has 0 spiro atoms. The molecule has 0 saturated heterocycles. The second-order valence-electron chi connectivity index (χ2n) is 16.5. The van der Waals surface area contributed by atoms with Gasteiger partial charge in [0.15, 0.2) is 34.9 Å². The van der Waals surface area contributed by atoms with Gasteiger partial charge in [0.05, 0.1) is 13.1 Å². The molecule has 8 heteroatoms. The van der Waals surface area contributed by atoms with Crippen molar-refractivity contribution in [3.63, 3.8) is 0 Å². The molecule has 62 heavy (non-hydrogen) atoms. The molecule has 0 amide bonds. The second-order valence-corrected chi connectivity index (χ2v) is 16.5. The van der Waals surface area contributed by atoms with E-state index in [1.165, 1.54) is 22.3 Å². The number of halogens is 7. The van der Waals surface area contributed by atoms with Crippen LogP contribution in [0.25, 0.3) is 77.2 Å². The van der Waals surface area contributed by atoms with E-state index >= 15 is 0 Å². The molecule has 8 aromatic carbocycles. The first-order valence-corrected chi connectivity index (χ1v) is 21.0. The van der Waals surface area contributed by atoms with Crippen LogP contribution in [0.4, 0.5) is 26.3 Å². The van der Waals surface area contributed by atoms with Crippen molar-refractivity contribution < 1.29 is 30.8 Å². The van der Waals surface area contributed by atoms with Crippen LogP contribution in [-0.2, 0) is 13.1 Å². The van der Waals surface area contributed by atoms with E-state index in [2.05, 4.69) is 74.5 Å². The number of rotatable bonds is 10. The Kier molecular flexibility index (Phi) is 12.2. The van der Waals surface area contributed by atoms with Gasteiger partial charge in [0.1, 0.15) is 13.1 Å². The van der Waals surface area contributed by atoms with Gasteiger partial charge in [0.25, 0.3) is 0 Å². The summed E-state index contributed by atoms with van der Waals surface area (Å²) in [4.78, 5) is 0. The van der Waals surface area contributed by atoms with Gasteiger partial charge in [-0.15, -0.1) is 17.0 Å². The van der Waals surface area contributed by atoms with Gasteiger partial charge in [0.2, 0.25) is 0 Å². The van der Waals surface area contributed by atoms with Gasteiger partial charge in [-0.25, -0.2) is 26.3 Å². The Morgan fingerprint density at radius 3 is 1.11 bits per heavy atom. The maximum absolute atomic E-state index is 14.3. The molecular formula is C54H45BrF6N+. The molecule has 0 bridgehead atoms. The van der Waals surface area contributed by atoms with Crippen LogP contribution in [0.2, 0.25) is 0 Å². The summed E-state index contributed by atoms with van der Waals surface area (Å²) < 4.78 is 86.0. The third-order valence-electron chi connectivity index (χ3n) is 12.5. The molecule has 314 valence electrons.